The molecule has 2 rings (SSSR count). The highest BCUT2D eigenvalue weighted by molar-refractivity contribution is 7.89. The first-order valence-corrected chi connectivity index (χ1v) is 6.27. The Balaban J connectivity index is 2.29. The summed E-state index contributed by atoms with van der Waals surface area (Å²) in [5, 5.41) is 0. The SMILES string of the molecule is O=c1cc[nH]cc1S(=O)(=O)NC1CCC1. The van der Waals surface area contributed by atoms with E-state index in [4.69, 9.17) is 0 Å². The largest absolute Gasteiger partial charge is 0.366 e. The number of aromatic nitrogens is 1. The molecule has 1 heterocycles. The number of hydrogen-bond donors (Lipinski definition) is 2. The first kappa shape index (κ1) is 10.4. The Hall–Kier alpha value is -1.14. The van der Waals surface area contributed by atoms with Crippen molar-refractivity contribution in [3.8, 4) is 0 Å². The molecule has 82 valence electrons. The highest BCUT2D eigenvalue weighted by Gasteiger charge is 2.25. The molecular formula is C9H12N2O3S. The van der Waals surface area contributed by atoms with E-state index in [2.05, 4.69) is 9.71 Å². The van der Waals surface area contributed by atoms with E-state index in [0.29, 0.717) is 0 Å². The Morgan fingerprint density at radius 3 is 2.67 bits per heavy atom. The third-order valence-corrected chi connectivity index (χ3v) is 4.05. The van der Waals surface area contributed by atoms with Crippen molar-refractivity contribution in [3.05, 3.63) is 28.7 Å². The standard InChI is InChI=1S/C9H12N2O3S/c12-8-4-5-10-6-9(8)15(13,14)11-7-2-1-3-7/h4-7,11H,1-3H2,(H,10,12). The molecule has 0 atom stereocenters. The molecular weight excluding hydrogens is 216 g/mol. The van der Waals surface area contributed by atoms with Crippen LogP contribution in [-0.2, 0) is 10.0 Å². The van der Waals surface area contributed by atoms with Crippen molar-refractivity contribution >= 4 is 10.0 Å². The highest BCUT2D eigenvalue weighted by atomic mass is 32.2. The molecule has 1 aromatic rings. The summed E-state index contributed by atoms with van der Waals surface area (Å²) in [7, 11) is -3.64. The predicted octanol–water partition coefficient (Wildman–Crippen LogP) is 0.206. The van der Waals surface area contributed by atoms with E-state index in [1.807, 2.05) is 0 Å². The van der Waals surface area contributed by atoms with Gasteiger partial charge < -0.3 is 4.98 Å². The number of rotatable bonds is 3. The van der Waals surface area contributed by atoms with E-state index < -0.39 is 15.5 Å². The van der Waals surface area contributed by atoms with Gasteiger partial charge in [0.05, 0.1) is 0 Å². The van der Waals surface area contributed by atoms with Crippen molar-refractivity contribution in [1.82, 2.24) is 9.71 Å². The first-order valence-electron chi connectivity index (χ1n) is 4.79. The molecule has 0 saturated heterocycles. The monoisotopic (exact) mass is 228 g/mol. The van der Waals surface area contributed by atoms with Crippen molar-refractivity contribution in [2.45, 2.75) is 30.2 Å². The van der Waals surface area contributed by atoms with Crippen LogP contribution in [0.2, 0.25) is 0 Å². The van der Waals surface area contributed by atoms with Gasteiger partial charge in [0.2, 0.25) is 15.5 Å². The summed E-state index contributed by atoms with van der Waals surface area (Å²) >= 11 is 0. The summed E-state index contributed by atoms with van der Waals surface area (Å²) in [4.78, 5) is 13.7. The molecule has 0 amide bonds. The number of nitrogens with one attached hydrogen (secondary N) is 2. The lowest BCUT2D eigenvalue weighted by Gasteiger charge is -2.25. The molecule has 1 aromatic heterocycles. The smallest absolute Gasteiger partial charge is 0.246 e. The van der Waals surface area contributed by atoms with Gasteiger partial charge in [-0.05, 0) is 12.8 Å². The number of hydrogen-bond acceptors (Lipinski definition) is 3. The molecule has 2 N–H and O–H groups in total. The van der Waals surface area contributed by atoms with Gasteiger partial charge in [0.1, 0.15) is 4.90 Å². The van der Waals surface area contributed by atoms with Crippen molar-refractivity contribution in [3.63, 3.8) is 0 Å². The van der Waals surface area contributed by atoms with E-state index in [9.17, 15) is 13.2 Å². The molecule has 0 unspecified atom stereocenters. The van der Waals surface area contributed by atoms with E-state index in [1.54, 1.807) is 0 Å². The van der Waals surface area contributed by atoms with Gasteiger partial charge in [0, 0.05) is 24.5 Å². The van der Waals surface area contributed by atoms with Gasteiger partial charge in [-0.25, -0.2) is 13.1 Å². The van der Waals surface area contributed by atoms with Crippen LogP contribution in [0.3, 0.4) is 0 Å². The van der Waals surface area contributed by atoms with Crippen LogP contribution in [0.15, 0.2) is 28.2 Å². The molecule has 6 heteroatoms. The molecule has 5 nitrogen and oxygen atoms in total. The maximum absolute atomic E-state index is 11.7. The third-order valence-electron chi connectivity index (χ3n) is 2.50. The van der Waals surface area contributed by atoms with Crippen LogP contribution in [0.5, 0.6) is 0 Å². The zero-order valence-electron chi connectivity index (χ0n) is 8.06. The first-order chi connectivity index (χ1) is 7.09. The zero-order valence-corrected chi connectivity index (χ0v) is 8.88. The number of sulfonamides is 1. The molecule has 0 aliphatic heterocycles. The Morgan fingerprint density at radius 1 is 1.40 bits per heavy atom. The van der Waals surface area contributed by atoms with Gasteiger partial charge in [-0.1, -0.05) is 6.42 Å². The zero-order chi connectivity index (χ0) is 10.9. The fraction of sp³-hybridized carbons (Fsp3) is 0.444. The van der Waals surface area contributed by atoms with Crippen LogP contribution in [-0.4, -0.2) is 19.4 Å². The van der Waals surface area contributed by atoms with Crippen molar-refractivity contribution in [2.75, 3.05) is 0 Å². The summed E-state index contributed by atoms with van der Waals surface area (Å²) < 4.78 is 26.0. The van der Waals surface area contributed by atoms with Gasteiger partial charge in [-0.2, -0.15) is 0 Å². The Kier molecular flexibility index (Phi) is 2.62. The summed E-state index contributed by atoms with van der Waals surface area (Å²) in [6, 6.07) is 1.20. The van der Waals surface area contributed by atoms with Crippen molar-refractivity contribution in [1.29, 1.82) is 0 Å². The van der Waals surface area contributed by atoms with Crippen LogP contribution in [0, 0.1) is 0 Å². The minimum absolute atomic E-state index is 0.00499. The predicted molar refractivity (Wildman–Crippen MR) is 55.0 cm³/mol. The van der Waals surface area contributed by atoms with Crippen LogP contribution in [0.25, 0.3) is 0 Å². The lowest BCUT2D eigenvalue weighted by molar-refractivity contribution is 0.383. The quantitative estimate of drug-likeness (QED) is 0.776. The molecule has 0 spiro atoms. The number of pyridine rings is 1. The normalized spacial score (nSPS) is 17.3. The van der Waals surface area contributed by atoms with Crippen LogP contribution < -0.4 is 10.2 Å². The highest BCUT2D eigenvalue weighted by Crippen LogP contribution is 2.19. The Bertz CT molecular complexity index is 502. The molecule has 0 aromatic carbocycles. The van der Waals surface area contributed by atoms with Crippen LogP contribution in [0.4, 0.5) is 0 Å². The Morgan fingerprint density at radius 2 is 2.13 bits per heavy atom. The lowest BCUT2D eigenvalue weighted by Crippen LogP contribution is -2.40. The Labute approximate surface area is 87.6 Å². The van der Waals surface area contributed by atoms with Crippen LogP contribution in [0.1, 0.15) is 19.3 Å². The maximum Gasteiger partial charge on any atom is 0.246 e. The second-order valence-corrected chi connectivity index (χ2v) is 5.30. The van der Waals surface area contributed by atoms with Gasteiger partial charge >= 0.3 is 0 Å². The topological polar surface area (TPSA) is 79.0 Å². The average molecular weight is 228 g/mol. The molecule has 1 saturated carbocycles. The number of H-pyrrole nitrogens is 1. The average Bonchev–Trinajstić information content (AvgIpc) is 2.12. The molecule has 15 heavy (non-hydrogen) atoms. The van der Waals surface area contributed by atoms with E-state index in [1.165, 1.54) is 18.5 Å². The number of aromatic amines is 1. The van der Waals surface area contributed by atoms with E-state index >= 15 is 0 Å². The van der Waals surface area contributed by atoms with Gasteiger partial charge in [0.15, 0.2) is 0 Å². The summed E-state index contributed by atoms with van der Waals surface area (Å²) in [5.74, 6) is 0. The van der Waals surface area contributed by atoms with E-state index in [-0.39, 0.29) is 10.9 Å². The maximum atomic E-state index is 11.7. The van der Waals surface area contributed by atoms with Gasteiger partial charge in [0.25, 0.3) is 0 Å². The third kappa shape index (κ3) is 2.10. The molecule has 1 aliphatic rings. The summed E-state index contributed by atoms with van der Waals surface area (Å²) in [6.45, 7) is 0. The lowest BCUT2D eigenvalue weighted by atomic mass is 9.94. The summed E-state index contributed by atoms with van der Waals surface area (Å²) in [6.07, 6.45) is 5.36. The molecule has 0 radical (unpaired) electrons. The molecule has 1 aliphatic carbocycles. The second kappa shape index (κ2) is 3.79. The van der Waals surface area contributed by atoms with Crippen molar-refractivity contribution in [2.24, 2.45) is 0 Å². The van der Waals surface area contributed by atoms with Crippen molar-refractivity contribution < 1.29 is 8.42 Å². The second-order valence-electron chi connectivity index (χ2n) is 3.62. The summed E-state index contributed by atoms with van der Waals surface area (Å²) in [5.41, 5.74) is -0.486. The molecule has 1 fully saturated rings. The van der Waals surface area contributed by atoms with Crippen LogP contribution >= 0.6 is 0 Å². The van der Waals surface area contributed by atoms with E-state index in [0.717, 1.165) is 19.3 Å². The fourth-order valence-electron chi connectivity index (χ4n) is 1.42. The minimum Gasteiger partial charge on any atom is -0.366 e. The fourth-order valence-corrected chi connectivity index (χ4v) is 2.78. The molecule has 0 bridgehead atoms. The minimum atomic E-state index is -3.64. The van der Waals surface area contributed by atoms with Gasteiger partial charge in [-0.15, -0.1) is 0 Å². The van der Waals surface area contributed by atoms with Gasteiger partial charge in [-0.3, -0.25) is 4.79 Å².